The second-order valence-electron chi connectivity index (χ2n) is 28.8. The van der Waals surface area contributed by atoms with Gasteiger partial charge in [-0.05, 0) is 90.1 Å². The van der Waals surface area contributed by atoms with Crippen molar-refractivity contribution in [2.45, 2.75) is 310 Å². The predicted molar refractivity (Wildman–Crippen MR) is 404 cm³/mol. The van der Waals surface area contributed by atoms with Crippen molar-refractivity contribution in [2.75, 3.05) is 0 Å². The van der Waals surface area contributed by atoms with Gasteiger partial charge in [0, 0.05) is 48.4 Å². The summed E-state index contributed by atoms with van der Waals surface area (Å²) >= 11 is 16.3. The van der Waals surface area contributed by atoms with E-state index in [1.165, 1.54) is 224 Å². The Morgan fingerprint density at radius 1 is 0.349 bits per heavy atom. The van der Waals surface area contributed by atoms with Crippen molar-refractivity contribution in [3.05, 3.63) is 46.2 Å². The zero-order valence-electron chi connectivity index (χ0n) is 55.7. The zero-order valence-corrected chi connectivity index (χ0v) is 64.3. The topological polar surface area (TPSA) is 25.8 Å². The number of hydrogen-bond donors (Lipinski definition) is 0. The number of fused-ring (bicyclic) bond motifs is 8. The molecule has 10 rings (SSSR count). The van der Waals surface area contributed by atoms with Gasteiger partial charge in [0.15, 0.2) is 9.66 Å². The first-order valence-corrected chi connectivity index (χ1v) is 45.7. The average Bonchev–Trinajstić information content (AvgIpc) is 1.54. The van der Waals surface area contributed by atoms with Gasteiger partial charge in [-0.3, -0.25) is 0 Å². The first kappa shape index (κ1) is 67.3. The Kier molecular flexibility index (Phi) is 23.1. The molecule has 86 heavy (non-hydrogen) atoms. The molecule has 0 bridgehead atoms. The number of thiophene rings is 6. The number of aromatic nitrogens is 2. The van der Waals surface area contributed by atoms with Gasteiger partial charge in [-0.25, -0.2) is 9.97 Å². The minimum atomic E-state index is -2.30. The maximum Gasteiger partial charge on any atom is 0.155 e. The van der Waals surface area contributed by atoms with Crippen LogP contribution in [0, 0.1) is 0 Å². The maximum atomic E-state index is 5.68. The van der Waals surface area contributed by atoms with Crippen molar-refractivity contribution in [1.82, 2.24) is 9.97 Å². The molecule has 10 heterocycles. The van der Waals surface area contributed by atoms with Gasteiger partial charge in [0.25, 0.3) is 0 Å². The van der Waals surface area contributed by atoms with Gasteiger partial charge in [-0.15, -0.1) is 68.0 Å². The van der Waals surface area contributed by atoms with Crippen LogP contribution in [0.3, 0.4) is 0 Å². The van der Waals surface area contributed by atoms with Crippen LogP contribution in [0.15, 0.2) is 36.4 Å². The molecule has 2 aliphatic heterocycles. The van der Waals surface area contributed by atoms with Crippen molar-refractivity contribution >= 4 is 147 Å². The van der Waals surface area contributed by atoms with Gasteiger partial charge >= 0.3 is 0 Å². The fraction of sp³-hybridized carbons (Fsp3) is 0.649. The van der Waals surface area contributed by atoms with Gasteiger partial charge in [-0.1, -0.05) is 299 Å². The molecule has 0 fully saturated rings. The molecule has 470 valence electrons. The van der Waals surface area contributed by atoms with Crippen LogP contribution in [0.2, 0.25) is 22.2 Å². The van der Waals surface area contributed by atoms with Crippen LogP contribution < -0.4 is 20.7 Å². The average molecular weight is 1340 g/mol. The van der Waals surface area contributed by atoms with Crippen molar-refractivity contribution in [3.63, 3.8) is 0 Å². The molecular formula is C74H108N2S8Si2. The molecule has 6 unspecified atom stereocenters. The third-order valence-corrected chi connectivity index (χ3v) is 44.7. The third-order valence-electron chi connectivity index (χ3n) is 20.6. The molecule has 0 amide bonds. The third kappa shape index (κ3) is 13.6. The summed E-state index contributed by atoms with van der Waals surface area (Å²) in [5, 5.41) is 9.58. The summed E-state index contributed by atoms with van der Waals surface area (Å²) in [6, 6.07) is 16.1. The molecule has 2 aliphatic rings. The Morgan fingerprint density at radius 3 is 1.09 bits per heavy atom. The summed E-state index contributed by atoms with van der Waals surface area (Å²) in [6.45, 7) is 34.5. The summed E-state index contributed by atoms with van der Waals surface area (Å²) < 4.78 is 2.93. The van der Waals surface area contributed by atoms with Crippen LogP contribution in [-0.2, 0) is 10.8 Å². The van der Waals surface area contributed by atoms with Crippen LogP contribution in [0.1, 0.15) is 286 Å². The SMILES string of the molecule is CCCCCCCCC(C)[Si]1(C(CC)CCCCCCC)c2cc(-c3cc4sc(C(C)(C)C)cc4s3)sc2-c2sc(-c3nc4sc(-c5cc6c(s5)-c5sc(C(C)(C)C)cc5[Si]6(C(C)CCCCCCCC)C(CC)CCCCCCC)nc4s3)cc21. The lowest BCUT2D eigenvalue weighted by atomic mass is 9.95. The quantitative estimate of drug-likeness (QED) is 0.0292. The maximum absolute atomic E-state index is 5.68. The zero-order chi connectivity index (χ0) is 61.0. The second-order valence-corrected chi connectivity index (χ2v) is 46.3. The minimum absolute atomic E-state index is 0.139. The summed E-state index contributed by atoms with van der Waals surface area (Å²) in [5.41, 5.74) is 3.19. The highest BCUT2D eigenvalue weighted by atomic mass is 32.1. The molecule has 6 atom stereocenters. The lowest BCUT2D eigenvalue weighted by Crippen LogP contribution is -2.61. The van der Waals surface area contributed by atoms with E-state index >= 15 is 0 Å². The molecule has 0 radical (unpaired) electrons. The van der Waals surface area contributed by atoms with E-state index in [0.717, 1.165) is 20.7 Å². The van der Waals surface area contributed by atoms with Gasteiger partial charge in [0.2, 0.25) is 0 Å². The highest BCUT2D eigenvalue weighted by Gasteiger charge is 2.57. The monoisotopic (exact) mass is 1340 g/mol. The Bertz CT molecular complexity index is 3380. The summed E-state index contributed by atoms with van der Waals surface area (Å²) in [5.74, 6) is 0. The van der Waals surface area contributed by atoms with Gasteiger partial charge < -0.3 is 0 Å². The molecule has 0 N–H and O–H groups in total. The molecule has 8 aromatic rings. The summed E-state index contributed by atoms with van der Waals surface area (Å²) in [7, 11) is -4.53. The van der Waals surface area contributed by atoms with Crippen molar-refractivity contribution in [1.29, 1.82) is 0 Å². The van der Waals surface area contributed by atoms with Crippen molar-refractivity contribution < 1.29 is 0 Å². The van der Waals surface area contributed by atoms with E-state index in [4.69, 9.17) is 9.97 Å². The lowest BCUT2D eigenvalue weighted by Gasteiger charge is -2.42. The largest absolute Gasteiger partial charge is 0.222 e. The van der Waals surface area contributed by atoms with Gasteiger partial charge in [0.05, 0.1) is 9.75 Å². The summed E-state index contributed by atoms with van der Waals surface area (Å²) in [6.07, 6.45) is 38.1. The first-order valence-electron chi connectivity index (χ1n) is 34.9. The van der Waals surface area contributed by atoms with Gasteiger partial charge in [-0.2, -0.15) is 0 Å². The Labute approximate surface area is 556 Å². The fourth-order valence-corrected chi connectivity index (χ4v) is 42.0. The molecule has 0 saturated carbocycles. The number of hydrogen-bond acceptors (Lipinski definition) is 10. The molecule has 0 saturated heterocycles. The molecule has 8 aromatic heterocycles. The Hall–Kier alpha value is -1.59. The second kappa shape index (κ2) is 29.6. The van der Waals surface area contributed by atoms with Crippen molar-refractivity contribution in [2.24, 2.45) is 0 Å². The number of unbranched alkanes of at least 4 members (excludes halogenated alkanes) is 18. The molecule has 12 heteroatoms. The summed E-state index contributed by atoms with van der Waals surface area (Å²) in [4.78, 5) is 29.0. The van der Waals surface area contributed by atoms with E-state index in [0.29, 0.717) is 11.1 Å². The van der Waals surface area contributed by atoms with E-state index in [9.17, 15) is 0 Å². The van der Waals surface area contributed by atoms with E-state index in [2.05, 4.69) is 179 Å². The van der Waals surface area contributed by atoms with E-state index in [-0.39, 0.29) is 10.8 Å². The highest BCUT2D eigenvalue weighted by Crippen LogP contribution is 2.57. The molecule has 0 spiro atoms. The number of thiazole rings is 2. The predicted octanol–water partition coefficient (Wildman–Crippen LogP) is 26.5. The molecule has 0 aromatic carbocycles. The van der Waals surface area contributed by atoms with Crippen LogP contribution in [0.5, 0.6) is 0 Å². The van der Waals surface area contributed by atoms with E-state index in [1.54, 1.807) is 39.9 Å². The van der Waals surface area contributed by atoms with Crippen molar-refractivity contribution in [3.8, 4) is 49.0 Å². The molecule has 0 aliphatic carbocycles. The van der Waals surface area contributed by atoms with Crippen LogP contribution in [0.25, 0.3) is 68.1 Å². The normalized spacial score (nSPS) is 18.2. The molecular weight excluding hydrogens is 1230 g/mol. The molecule has 2 nitrogen and oxygen atoms in total. The lowest BCUT2D eigenvalue weighted by molar-refractivity contribution is 0.559. The first-order chi connectivity index (χ1) is 41.5. The standard InChI is InChI=1S/C74H108N2S8Si2/c1-15-21-25-29-33-35-39-49(7)85(51(19-5)41-37-31-27-23-17-3)59-44-55(53-43-54-56(77-53)47-63(78-54)73(9,10)11)79-65(59)66-60(85)45-57(80-66)69-75-71-72(83-69)76-70(84-71)58-46-61-67(81-58)68-62(48-64(82-68)74(12,13)14)86(61,50(8)40-36-34-30-26-22-16-2)52(20-6)42-38-32-28-24-18-4/h43-52H,15-42H2,1-14H3. The smallest absolute Gasteiger partial charge is 0.155 e. The van der Waals surface area contributed by atoms with Crippen LogP contribution in [0.4, 0.5) is 0 Å². The number of rotatable bonds is 35. The van der Waals surface area contributed by atoms with Crippen LogP contribution in [-0.4, -0.2) is 26.1 Å². The Morgan fingerprint density at radius 2 is 0.686 bits per heavy atom. The van der Waals surface area contributed by atoms with Gasteiger partial charge in [0.1, 0.15) is 26.2 Å². The highest BCUT2D eigenvalue weighted by molar-refractivity contribution is 7.37. The van der Waals surface area contributed by atoms with E-state index in [1.807, 2.05) is 50.5 Å². The van der Waals surface area contributed by atoms with Crippen LogP contribution >= 0.6 is 90.7 Å². The Balaban J connectivity index is 1.04. The van der Waals surface area contributed by atoms with E-state index < -0.39 is 16.1 Å². The fourth-order valence-electron chi connectivity index (χ4n) is 15.8. The minimum Gasteiger partial charge on any atom is -0.222 e. The number of nitrogens with zero attached hydrogens (tertiary/aromatic N) is 2.